The zero-order chi connectivity index (χ0) is 11.0. The Morgan fingerprint density at radius 3 is 2.27 bits per heavy atom. The summed E-state index contributed by atoms with van der Waals surface area (Å²) in [5.74, 6) is -1.30. The van der Waals surface area contributed by atoms with Crippen molar-refractivity contribution in [3.63, 3.8) is 0 Å². The Labute approximate surface area is 86.2 Å². The first kappa shape index (κ1) is 9.45. The molecule has 4 heteroatoms. The summed E-state index contributed by atoms with van der Waals surface area (Å²) in [5.41, 5.74) is 0.895. The highest BCUT2D eigenvalue weighted by atomic mass is 16.3. The molecule has 1 aromatic carbocycles. The van der Waals surface area contributed by atoms with Gasteiger partial charge in [0.05, 0.1) is 5.92 Å². The monoisotopic (exact) mass is 203 g/mol. The van der Waals surface area contributed by atoms with Gasteiger partial charge in [0.2, 0.25) is 5.91 Å². The standard InChI is InChI=1S/C11H9NO3/c1-6-9(11(15)12-10(6)14)7-2-4-8(13)5-3-7/h2-5,9,13H,1H2,(H,12,14,15). The van der Waals surface area contributed by atoms with Crippen LogP contribution >= 0.6 is 0 Å². The first-order chi connectivity index (χ1) is 7.09. The van der Waals surface area contributed by atoms with Crippen LogP contribution in [0.3, 0.4) is 0 Å². The summed E-state index contributed by atoms with van der Waals surface area (Å²) >= 11 is 0. The Balaban J connectivity index is 2.39. The van der Waals surface area contributed by atoms with Crippen LogP contribution in [-0.2, 0) is 9.59 Å². The predicted molar refractivity (Wildman–Crippen MR) is 53.1 cm³/mol. The van der Waals surface area contributed by atoms with E-state index < -0.39 is 11.8 Å². The highest BCUT2D eigenvalue weighted by Crippen LogP contribution is 2.28. The summed E-state index contributed by atoms with van der Waals surface area (Å²) in [6.45, 7) is 3.57. The van der Waals surface area contributed by atoms with Crippen molar-refractivity contribution in [2.45, 2.75) is 5.92 Å². The molecule has 0 aromatic heterocycles. The zero-order valence-corrected chi connectivity index (χ0v) is 7.86. The van der Waals surface area contributed by atoms with Crippen molar-refractivity contribution in [1.29, 1.82) is 0 Å². The lowest BCUT2D eigenvalue weighted by molar-refractivity contribution is -0.124. The van der Waals surface area contributed by atoms with Gasteiger partial charge >= 0.3 is 0 Å². The van der Waals surface area contributed by atoms with Gasteiger partial charge in [0.1, 0.15) is 5.75 Å². The molecule has 2 rings (SSSR count). The summed E-state index contributed by atoms with van der Waals surface area (Å²) < 4.78 is 0. The lowest BCUT2D eigenvalue weighted by Gasteiger charge is -2.06. The highest BCUT2D eigenvalue weighted by molar-refractivity contribution is 6.17. The van der Waals surface area contributed by atoms with Gasteiger partial charge in [0, 0.05) is 5.57 Å². The fourth-order valence-electron chi connectivity index (χ4n) is 1.57. The molecule has 1 aromatic rings. The van der Waals surface area contributed by atoms with Crippen LogP contribution in [0.4, 0.5) is 0 Å². The number of amides is 2. The molecule has 1 aliphatic heterocycles. The smallest absolute Gasteiger partial charge is 0.254 e. The van der Waals surface area contributed by atoms with Crippen molar-refractivity contribution in [3.05, 3.63) is 42.0 Å². The molecule has 0 saturated carbocycles. The van der Waals surface area contributed by atoms with Gasteiger partial charge in [-0.1, -0.05) is 18.7 Å². The Hall–Kier alpha value is -2.10. The normalized spacial score (nSPS) is 20.5. The lowest BCUT2D eigenvalue weighted by Crippen LogP contribution is -2.21. The molecule has 4 nitrogen and oxygen atoms in total. The molecule has 76 valence electrons. The molecule has 1 heterocycles. The number of benzene rings is 1. The third kappa shape index (κ3) is 1.50. The Morgan fingerprint density at radius 2 is 1.80 bits per heavy atom. The van der Waals surface area contributed by atoms with E-state index in [0.717, 1.165) is 0 Å². The van der Waals surface area contributed by atoms with Crippen LogP contribution in [-0.4, -0.2) is 16.9 Å². The second-order valence-corrected chi connectivity index (χ2v) is 3.37. The van der Waals surface area contributed by atoms with E-state index in [9.17, 15) is 9.59 Å². The average Bonchev–Trinajstić information content (AvgIpc) is 2.44. The number of phenols is 1. The third-order valence-electron chi connectivity index (χ3n) is 2.37. The number of phenolic OH excluding ortho intramolecular Hbond substituents is 1. The van der Waals surface area contributed by atoms with Crippen LogP contribution in [0.5, 0.6) is 5.75 Å². The fraction of sp³-hybridized carbons (Fsp3) is 0.0909. The minimum atomic E-state index is -0.627. The van der Waals surface area contributed by atoms with Crippen molar-refractivity contribution >= 4 is 11.8 Å². The van der Waals surface area contributed by atoms with Gasteiger partial charge in [-0.3, -0.25) is 14.9 Å². The van der Waals surface area contributed by atoms with E-state index in [4.69, 9.17) is 5.11 Å². The van der Waals surface area contributed by atoms with Gasteiger partial charge < -0.3 is 5.11 Å². The molecule has 1 saturated heterocycles. The molecule has 0 radical (unpaired) electrons. The number of carbonyl (C=O) groups excluding carboxylic acids is 2. The van der Waals surface area contributed by atoms with E-state index in [1.807, 2.05) is 0 Å². The maximum atomic E-state index is 11.4. The highest BCUT2D eigenvalue weighted by Gasteiger charge is 2.35. The van der Waals surface area contributed by atoms with E-state index in [1.54, 1.807) is 12.1 Å². The average molecular weight is 203 g/mol. The quantitative estimate of drug-likeness (QED) is 0.521. The maximum Gasteiger partial charge on any atom is 0.254 e. The Bertz CT molecular complexity index is 447. The number of carbonyl (C=O) groups is 2. The molecule has 1 aliphatic rings. The van der Waals surface area contributed by atoms with Crippen LogP contribution in [0.1, 0.15) is 11.5 Å². The van der Waals surface area contributed by atoms with Gasteiger partial charge in [-0.2, -0.15) is 0 Å². The molecule has 1 fully saturated rings. The summed E-state index contributed by atoms with van der Waals surface area (Å²) in [6, 6.07) is 6.14. The van der Waals surface area contributed by atoms with Crippen LogP contribution in [0.2, 0.25) is 0 Å². The molecule has 0 bridgehead atoms. The summed E-state index contributed by atoms with van der Waals surface area (Å²) in [7, 11) is 0. The number of aromatic hydroxyl groups is 1. The summed E-state index contributed by atoms with van der Waals surface area (Å²) in [4.78, 5) is 22.6. The zero-order valence-electron chi connectivity index (χ0n) is 7.86. The van der Waals surface area contributed by atoms with Crippen LogP contribution in [0.15, 0.2) is 36.4 Å². The number of nitrogens with one attached hydrogen (secondary N) is 1. The predicted octanol–water partition coefficient (Wildman–Crippen LogP) is 0.688. The molecular formula is C11H9NO3. The van der Waals surface area contributed by atoms with Crippen molar-refractivity contribution in [2.24, 2.45) is 0 Å². The number of imide groups is 1. The van der Waals surface area contributed by atoms with E-state index in [1.165, 1.54) is 12.1 Å². The lowest BCUT2D eigenvalue weighted by atomic mass is 9.94. The van der Waals surface area contributed by atoms with Crippen molar-refractivity contribution < 1.29 is 14.7 Å². The molecule has 1 unspecified atom stereocenters. The van der Waals surface area contributed by atoms with Crippen LogP contribution in [0, 0.1) is 0 Å². The number of rotatable bonds is 1. The fourth-order valence-corrected chi connectivity index (χ4v) is 1.57. The first-order valence-electron chi connectivity index (χ1n) is 4.42. The number of hydrogen-bond donors (Lipinski definition) is 2. The summed E-state index contributed by atoms with van der Waals surface area (Å²) in [5, 5.41) is 11.3. The van der Waals surface area contributed by atoms with Gasteiger partial charge in [0.15, 0.2) is 0 Å². The summed E-state index contributed by atoms with van der Waals surface area (Å²) in [6.07, 6.45) is 0. The maximum absolute atomic E-state index is 11.4. The second-order valence-electron chi connectivity index (χ2n) is 3.37. The van der Waals surface area contributed by atoms with Crippen molar-refractivity contribution in [2.75, 3.05) is 0 Å². The van der Waals surface area contributed by atoms with Crippen LogP contribution < -0.4 is 5.32 Å². The van der Waals surface area contributed by atoms with Gasteiger partial charge in [-0.15, -0.1) is 0 Å². The van der Waals surface area contributed by atoms with Gasteiger partial charge in [0.25, 0.3) is 5.91 Å². The van der Waals surface area contributed by atoms with Crippen LogP contribution in [0.25, 0.3) is 0 Å². The topological polar surface area (TPSA) is 66.4 Å². The van der Waals surface area contributed by atoms with E-state index in [0.29, 0.717) is 5.56 Å². The molecule has 1 atom stereocenters. The third-order valence-corrected chi connectivity index (χ3v) is 2.37. The largest absolute Gasteiger partial charge is 0.508 e. The van der Waals surface area contributed by atoms with Gasteiger partial charge in [-0.05, 0) is 17.7 Å². The van der Waals surface area contributed by atoms with E-state index >= 15 is 0 Å². The molecule has 2 N–H and O–H groups in total. The minimum Gasteiger partial charge on any atom is -0.508 e. The molecule has 15 heavy (non-hydrogen) atoms. The van der Waals surface area contributed by atoms with E-state index in [-0.39, 0.29) is 17.2 Å². The Kier molecular flexibility index (Phi) is 2.04. The van der Waals surface area contributed by atoms with Gasteiger partial charge in [-0.25, -0.2) is 0 Å². The molecular weight excluding hydrogens is 194 g/mol. The minimum absolute atomic E-state index is 0.120. The molecule has 0 spiro atoms. The van der Waals surface area contributed by atoms with Crippen molar-refractivity contribution in [3.8, 4) is 5.75 Å². The number of hydrogen-bond acceptors (Lipinski definition) is 3. The SMILES string of the molecule is C=C1C(=O)NC(=O)C1c1ccc(O)cc1. The molecule has 0 aliphatic carbocycles. The van der Waals surface area contributed by atoms with Crippen molar-refractivity contribution in [1.82, 2.24) is 5.32 Å². The molecule has 2 amide bonds. The second kappa shape index (κ2) is 3.24. The first-order valence-corrected chi connectivity index (χ1v) is 4.42. The Morgan fingerprint density at radius 1 is 1.20 bits per heavy atom. The van der Waals surface area contributed by atoms with E-state index in [2.05, 4.69) is 11.9 Å².